The summed E-state index contributed by atoms with van der Waals surface area (Å²) in [6.45, 7) is 6.86. The van der Waals surface area contributed by atoms with Crippen LogP contribution in [0, 0.1) is 0 Å². The maximum atomic E-state index is 12.0. The Morgan fingerprint density at radius 1 is 1.38 bits per heavy atom. The first-order valence-electron chi connectivity index (χ1n) is 6.98. The summed E-state index contributed by atoms with van der Waals surface area (Å²) < 4.78 is 6.38. The number of carbonyl (C=O) groups is 1. The minimum atomic E-state index is -0.457. The quantitative estimate of drug-likeness (QED) is 0.775. The van der Waals surface area contributed by atoms with Gasteiger partial charge in [-0.2, -0.15) is 0 Å². The van der Waals surface area contributed by atoms with Gasteiger partial charge in [-0.25, -0.2) is 4.79 Å². The van der Waals surface area contributed by atoms with E-state index in [2.05, 4.69) is 22.0 Å². The Morgan fingerprint density at radius 3 is 2.62 bits per heavy atom. The molecule has 114 valence electrons. The fraction of sp³-hybridized carbons (Fsp3) is 0.438. The van der Waals surface area contributed by atoms with Crippen molar-refractivity contribution in [3.63, 3.8) is 0 Å². The normalized spacial score (nSPS) is 15.6. The van der Waals surface area contributed by atoms with E-state index in [9.17, 15) is 4.79 Å². The maximum Gasteiger partial charge on any atom is 0.410 e. The number of anilines is 1. The SMILES string of the molecule is CC(C)(C)OC(=O)N1CC=C(c2ccc(N)cc2Br)CC1. The molecular formula is C16H21BrN2O2. The molecule has 1 aromatic rings. The van der Waals surface area contributed by atoms with E-state index in [4.69, 9.17) is 10.5 Å². The van der Waals surface area contributed by atoms with Crippen molar-refractivity contribution in [3.8, 4) is 0 Å². The van der Waals surface area contributed by atoms with Gasteiger partial charge in [0.1, 0.15) is 5.60 Å². The number of halogens is 1. The second-order valence-corrected chi connectivity index (χ2v) is 7.00. The van der Waals surface area contributed by atoms with E-state index in [1.807, 2.05) is 39.0 Å². The van der Waals surface area contributed by atoms with E-state index in [-0.39, 0.29) is 6.09 Å². The Bertz CT molecular complexity index is 576. The molecule has 0 unspecified atom stereocenters. The molecule has 0 saturated heterocycles. The number of nitrogen functional groups attached to an aromatic ring is 1. The van der Waals surface area contributed by atoms with Crippen molar-refractivity contribution in [2.45, 2.75) is 32.8 Å². The molecule has 2 N–H and O–H groups in total. The van der Waals surface area contributed by atoms with Gasteiger partial charge in [-0.15, -0.1) is 0 Å². The number of nitrogens with zero attached hydrogens (tertiary/aromatic N) is 1. The number of amides is 1. The molecule has 21 heavy (non-hydrogen) atoms. The Hall–Kier alpha value is -1.49. The fourth-order valence-electron chi connectivity index (χ4n) is 2.20. The van der Waals surface area contributed by atoms with Crippen molar-refractivity contribution in [2.75, 3.05) is 18.8 Å². The second kappa shape index (κ2) is 6.10. The highest BCUT2D eigenvalue weighted by Crippen LogP contribution is 2.30. The van der Waals surface area contributed by atoms with E-state index < -0.39 is 5.60 Å². The summed E-state index contributed by atoms with van der Waals surface area (Å²) in [4.78, 5) is 13.7. The average Bonchev–Trinajstić information content (AvgIpc) is 2.37. The molecule has 0 atom stereocenters. The minimum absolute atomic E-state index is 0.255. The molecule has 1 heterocycles. The molecule has 0 bridgehead atoms. The van der Waals surface area contributed by atoms with Gasteiger partial charge < -0.3 is 15.4 Å². The Kier molecular flexibility index (Phi) is 4.61. The summed E-state index contributed by atoms with van der Waals surface area (Å²) in [7, 11) is 0. The molecule has 1 amide bonds. The van der Waals surface area contributed by atoms with Crippen LogP contribution in [-0.2, 0) is 4.74 Å². The first kappa shape index (κ1) is 15.9. The summed E-state index contributed by atoms with van der Waals surface area (Å²) >= 11 is 3.54. The van der Waals surface area contributed by atoms with Crippen molar-refractivity contribution in [1.29, 1.82) is 0 Å². The van der Waals surface area contributed by atoms with Gasteiger partial charge in [0, 0.05) is 23.2 Å². The third kappa shape index (κ3) is 4.24. The van der Waals surface area contributed by atoms with Crippen LogP contribution in [0.3, 0.4) is 0 Å². The highest BCUT2D eigenvalue weighted by Gasteiger charge is 2.24. The van der Waals surface area contributed by atoms with Crippen LogP contribution in [0.2, 0.25) is 0 Å². The lowest BCUT2D eigenvalue weighted by atomic mass is 9.99. The Balaban J connectivity index is 2.07. The van der Waals surface area contributed by atoms with Crippen LogP contribution in [0.5, 0.6) is 0 Å². The number of rotatable bonds is 1. The van der Waals surface area contributed by atoms with Gasteiger partial charge in [0.05, 0.1) is 0 Å². The third-order valence-corrected chi connectivity index (χ3v) is 3.86. The highest BCUT2D eigenvalue weighted by atomic mass is 79.9. The first-order valence-corrected chi connectivity index (χ1v) is 7.78. The van der Waals surface area contributed by atoms with Crippen molar-refractivity contribution in [3.05, 3.63) is 34.3 Å². The van der Waals surface area contributed by atoms with Gasteiger partial charge in [0.15, 0.2) is 0 Å². The third-order valence-electron chi connectivity index (χ3n) is 3.20. The number of carbonyl (C=O) groups excluding carboxylic acids is 1. The zero-order valence-corrected chi connectivity index (χ0v) is 14.2. The van der Waals surface area contributed by atoms with Gasteiger partial charge in [-0.1, -0.05) is 28.1 Å². The molecule has 0 saturated carbocycles. The monoisotopic (exact) mass is 352 g/mol. The van der Waals surface area contributed by atoms with E-state index >= 15 is 0 Å². The zero-order valence-electron chi connectivity index (χ0n) is 12.6. The topological polar surface area (TPSA) is 55.6 Å². The number of nitrogens with two attached hydrogens (primary N) is 1. The highest BCUT2D eigenvalue weighted by molar-refractivity contribution is 9.10. The Labute approximate surface area is 134 Å². The van der Waals surface area contributed by atoms with Crippen molar-refractivity contribution < 1.29 is 9.53 Å². The number of hydrogen-bond acceptors (Lipinski definition) is 3. The van der Waals surface area contributed by atoms with E-state index in [1.165, 1.54) is 5.57 Å². The molecule has 0 spiro atoms. The summed E-state index contributed by atoms with van der Waals surface area (Å²) in [5.74, 6) is 0. The van der Waals surface area contributed by atoms with Crippen LogP contribution >= 0.6 is 15.9 Å². The smallest absolute Gasteiger partial charge is 0.410 e. The summed E-state index contributed by atoms with van der Waals surface area (Å²) in [6.07, 6.45) is 2.63. The van der Waals surface area contributed by atoms with E-state index in [0.717, 1.165) is 22.1 Å². The van der Waals surface area contributed by atoms with Crippen LogP contribution < -0.4 is 5.73 Å². The van der Waals surface area contributed by atoms with E-state index in [1.54, 1.807) is 4.90 Å². The van der Waals surface area contributed by atoms with Gasteiger partial charge in [-0.05, 0) is 50.5 Å². The van der Waals surface area contributed by atoms with Crippen molar-refractivity contribution in [2.24, 2.45) is 0 Å². The zero-order chi connectivity index (χ0) is 15.6. The molecular weight excluding hydrogens is 332 g/mol. The molecule has 2 rings (SSSR count). The summed E-state index contributed by atoms with van der Waals surface area (Å²) in [5, 5.41) is 0. The number of benzene rings is 1. The molecule has 4 nitrogen and oxygen atoms in total. The van der Waals surface area contributed by atoms with Crippen LogP contribution in [0.25, 0.3) is 5.57 Å². The molecule has 1 aliphatic rings. The van der Waals surface area contributed by atoms with Crippen molar-refractivity contribution in [1.82, 2.24) is 4.90 Å². The van der Waals surface area contributed by atoms with Crippen LogP contribution in [0.4, 0.5) is 10.5 Å². The van der Waals surface area contributed by atoms with Gasteiger partial charge in [-0.3, -0.25) is 0 Å². The maximum absolute atomic E-state index is 12.0. The lowest BCUT2D eigenvalue weighted by molar-refractivity contribution is 0.0270. The standard InChI is InChI=1S/C16H21BrN2O2/c1-16(2,3)21-15(20)19-8-6-11(7-9-19)13-5-4-12(18)10-14(13)17/h4-6,10H,7-9,18H2,1-3H3. The summed E-state index contributed by atoms with van der Waals surface area (Å²) in [5.41, 5.74) is 8.39. The van der Waals surface area contributed by atoms with Gasteiger partial charge in [0.2, 0.25) is 0 Å². The Morgan fingerprint density at radius 2 is 2.10 bits per heavy atom. The molecule has 0 fully saturated rings. The van der Waals surface area contributed by atoms with Crippen LogP contribution in [-0.4, -0.2) is 29.7 Å². The van der Waals surface area contributed by atoms with Crippen LogP contribution in [0.1, 0.15) is 32.8 Å². The molecule has 0 aromatic heterocycles. The lowest BCUT2D eigenvalue weighted by Gasteiger charge is -2.29. The molecule has 0 aliphatic carbocycles. The first-order chi connectivity index (χ1) is 9.76. The molecule has 5 heteroatoms. The predicted octanol–water partition coefficient (Wildman–Crippen LogP) is 4.06. The van der Waals surface area contributed by atoms with Gasteiger partial charge >= 0.3 is 6.09 Å². The van der Waals surface area contributed by atoms with Crippen LogP contribution in [0.15, 0.2) is 28.7 Å². The number of ether oxygens (including phenoxy) is 1. The second-order valence-electron chi connectivity index (χ2n) is 6.15. The average molecular weight is 353 g/mol. The molecule has 1 aromatic carbocycles. The molecule has 1 aliphatic heterocycles. The largest absolute Gasteiger partial charge is 0.444 e. The summed E-state index contributed by atoms with van der Waals surface area (Å²) in [6, 6.07) is 5.80. The molecule has 0 radical (unpaired) electrons. The fourth-order valence-corrected chi connectivity index (χ4v) is 2.85. The van der Waals surface area contributed by atoms with E-state index in [0.29, 0.717) is 13.1 Å². The lowest BCUT2D eigenvalue weighted by Crippen LogP contribution is -2.39. The van der Waals surface area contributed by atoms with Crippen molar-refractivity contribution >= 4 is 33.3 Å². The number of hydrogen-bond donors (Lipinski definition) is 1. The van der Waals surface area contributed by atoms with Gasteiger partial charge in [0.25, 0.3) is 0 Å². The minimum Gasteiger partial charge on any atom is -0.444 e. The predicted molar refractivity (Wildman–Crippen MR) is 89.0 cm³/mol.